The molecular weight excluding hydrogens is 1880 g/mol. The fourth-order valence-corrected chi connectivity index (χ4v) is 17.7. The highest BCUT2D eigenvalue weighted by atomic mass is 35.5. The zero-order valence-electron chi connectivity index (χ0n) is 75.7. The number of ether oxygens (including phenoxy) is 9. The first-order valence-corrected chi connectivity index (χ1v) is 46.2. The second-order valence-corrected chi connectivity index (χ2v) is 36.2. The maximum Gasteiger partial charge on any atom is 0.248 e. The van der Waals surface area contributed by atoms with Crippen molar-refractivity contribution in [1.82, 2.24) is 58.1 Å². The SMILES string of the molecule is CC(=O)N[C@H]1[C@H](O[C@@H]2c3ccc(c(Cl)c3)Oc3cc4cc(c3O[C@@H]3O[C@H](CO)[C@@H](O)[C@H](O)[C@H]3NC(=O)CCCCCCC(C)C)Oc3ccc(cc3Cl)C[C@H]3NC(=O)[C@H](N)c5ccc(O)c(c5)Oc5cc(O)cc(c5)[C@H](NC3=O)C(=O)N[C@H]4C(=O)N[C@H](c3ccc(O)cc3)C(=O)N[C@@H]2C(=O)N[C@H](C(=O)NCCN2CCNCC2)c2cc(O)cc(O[C@H]3O[C@H](CO)[C@@H](O)[C@H](O)[C@@H]3O)c2)O[C@H](CO)[C@@H](O)[C@@H]1O. The number of rotatable bonds is 26. The molecule has 7 aromatic carbocycles. The van der Waals surface area contributed by atoms with Crippen LogP contribution >= 0.6 is 23.2 Å². The van der Waals surface area contributed by atoms with Crippen LogP contribution in [0.3, 0.4) is 0 Å². The molecule has 23 atom stereocenters. The third-order valence-corrected chi connectivity index (χ3v) is 25.4. The number of aliphatic hydroxyl groups excluding tert-OH is 10. The predicted molar refractivity (Wildman–Crippen MR) is 489 cm³/mol. The summed E-state index contributed by atoms with van der Waals surface area (Å²) in [5.41, 5.74) is 4.94. The van der Waals surface area contributed by atoms with E-state index in [9.17, 15) is 85.9 Å². The number of aliphatic hydroxyl groups is 10. The van der Waals surface area contributed by atoms with Crippen LogP contribution < -0.4 is 82.6 Å². The summed E-state index contributed by atoms with van der Waals surface area (Å²) in [6.45, 7) is 4.40. The minimum Gasteiger partial charge on any atom is -0.508 e. The largest absolute Gasteiger partial charge is 0.508 e. The van der Waals surface area contributed by atoms with Gasteiger partial charge in [-0.05, 0) is 136 Å². The normalized spacial score (nSPS) is 28.0. The molecule has 9 amide bonds. The van der Waals surface area contributed by atoms with Gasteiger partial charge in [0.2, 0.25) is 71.5 Å². The number of nitrogens with one attached hydrogen (secondary N) is 10. The highest BCUT2D eigenvalue weighted by molar-refractivity contribution is 6.32. The van der Waals surface area contributed by atoms with Crippen LogP contribution in [-0.2, 0) is 68.5 Å². The molecule has 9 heterocycles. The smallest absolute Gasteiger partial charge is 0.248 e. The Bertz CT molecular complexity index is 5650. The van der Waals surface area contributed by atoms with Crippen LogP contribution in [0.1, 0.15) is 135 Å². The zero-order valence-corrected chi connectivity index (χ0v) is 77.2. The van der Waals surface area contributed by atoms with Gasteiger partial charge in [-0.2, -0.15) is 0 Å². The van der Waals surface area contributed by atoms with Crippen molar-refractivity contribution in [3.63, 3.8) is 0 Å². The minimum absolute atomic E-state index is 0.0432. The molecule has 9 aliphatic rings. The van der Waals surface area contributed by atoms with Gasteiger partial charge >= 0.3 is 0 Å². The van der Waals surface area contributed by atoms with Crippen molar-refractivity contribution in [2.45, 2.75) is 206 Å². The second-order valence-electron chi connectivity index (χ2n) is 35.4. The Kier molecular flexibility index (Phi) is 34.1. The lowest BCUT2D eigenvalue weighted by atomic mass is 9.95. The molecular formula is C94H112Cl2N12O32. The van der Waals surface area contributed by atoms with Crippen LogP contribution in [0.5, 0.6) is 69.0 Å². The molecule has 4 fully saturated rings. The number of carbonyl (C=O) groups excluding carboxylic acids is 9. The van der Waals surface area contributed by atoms with E-state index < -0.39 is 282 Å². The lowest BCUT2D eigenvalue weighted by molar-refractivity contribution is -0.284. The molecule has 0 saturated carbocycles. The first-order chi connectivity index (χ1) is 66.9. The number of unbranched alkanes of at least 4 members (excludes halogenated alkanes) is 3. The average molecular weight is 1990 g/mol. The topological polar surface area (TPSA) is 669 Å². The molecule has 16 rings (SSSR count). The molecule has 140 heavy (non-hydrogen) atoms. The number of nitrogens with two attached hydrogens (primary N) is 1. The van der Waals surface area contributed by atoms with E-state index in [0.29, 0.717) is 44.9 Å². The average Bonchev–Trinajstić information content (AvgIpc) is 0.768. The molecule has 0 radical (unpaired) electrons. The van der Waals surface area contributed by atoms with Gasteiger partial charge in [-0.1, -0.05) is 93.1 Å². The summed E-state index contributed by atoms with van der Waals surface area (Å²) in [5.74, 6) is -16.5. The number of piperazine rings is 1. The van der Waals surface area contributed by atoms with Crippen molar-refractivity contribution in [3.8, 4) is 69.0 Å². The van der Waals surface area contributed by atoms with E-state index in [-0.39, 0.29) is 75.2 Å². The molecule has 0 aromatic heterocycles. The number of phenols is 4. The van der Waals surface area contributed by atoms with Crippen LogP contribution in [-0.4, -0.2) is 293 Å². The van der Waals surface area contributed by atoms with E-state index >= 15 is 28.8 Å². The third-order valence-electron chi connectivity index (χ3n) is 24.8. The number of nitrogens with zero attached hydrogens (tertiary/aromatic N) is 1. The number of amides is 9. The number of hydrogen-bond donors (Lipinski definition) is 25. The van der Waals surface area contributed by atoms with Crippen LogP contribution in [0.25, 0.3) is 0 Å². The molecule has 13 bridgehead atoms. The third kappa shape index (κ3) is 24.7. The Balaban J connectivity index is 0.989. The van der Waals surface area contributed by atoms with Gasteiger partial charge in [0, 0.05) is 71.2 Å². The van der Waals surface area contributed by atoms with E-state index in [1.54, 1.807) is 0 Å². The summed E-state index contributed by atoms with van der Waals surface area (Å²) >= 11 is 14.9. The number of halogens is 2. The summed E-state index contributed by atoms with van der Waals surface area (Å²) < 4.78 is 57.7. The molecule has 0 spiro atoms. The van der Waals surface area contributed by atoms with Crippen molar-refractivity contribution in [2.24, 2.45) is 11.7 Å². The van der Waals surface area contributed by atoms with Crippen molar-refractivity contribution >= 4 is 76.4 Å². The number of hydrogen-bond acceptors (Lipinski definition) is 35. The molecule has 46 heteroatoms. The summed E-state index contributed by atoms with van der Waals surface area (Å²) in [5, 5.41) is 184. The second kappa shape index (κ2) is 46.1. The van der Waals surface area contributed by atoms with Crippen molar-refractivity contribution in [1.29, 1.82) is 0 Å². The fraction of sp³-hybridized carbons (Fsp3) is 0.457. The molecule has 26 N–H and O–H groups in total. The lowest BCUT2D eigenvalue weighted by Gasteiger charge is -2.44. The molecule has 7 aromatic rings. The van der Waals surface area contributed by atoms with Crippen LogP contribution in [0.2, 0.25) is 10.0 Å². The van der Waals surface area contributed by atoms with Gasteiger partial charge in [-0.15, -0.1) is 0 Å². The van der Waals surface area contributed by atoms with E-state index in [2.05, 4.69) is 67.0 Å². The zero-order chi connectivity index (χ0) is 100. The first kappa shape index (κ1) is 104. The molecule has 754 valence electrons. The van der Waals surface area contributed by atoms with Crippen LogP contribution in [0, 0.1) is 5.92 Å². The predicted octanol–water partition coefficient (Wildman–Crippen LogP) is -0.0241. The fourth-order valence-electron chi connectivity index (χ4n) is 17.2. The summed E-state index contributed by atoms with van der Waals surface area (Å²) in [6.07, 6.45) is -24.7. The monoisotopic (exact) mass is 1990 g/mol. The van der Waals surface area contributed by atoms with Gasteiger partial charge in [0.05, 0.1) is 29.9 Å². The van der Waals surface area contributed by atoms with E-state index in [4.69, 9.17) is 71.6 Å². The van der Waals surface area contributed by atoms with Crippen LogP contribution in [0.15, 0.2) is 127 Å². The summed E-state index contributed by atoms with van der Waals surface area (Å²) in [4.78, 5) is 142. The summed E-state index contributed by atoms with van der Waals surface area (Å²) in [6, 6.07) is 5.02. The molecule has 9 aliphatic heterocycles. The Morgan fingerprint density at radius 3 is 1.72 bits per heavy atom. The van der Waals surface area contributed by atoms with Crippen molar-refractivity contribution in [2.75, 3.05) is 59.1 Å². The Morgan fingerprint density at radius 2 is 1.09 bits per heavy atom. The lowest BCUT2D eigenvalue weighted by Crippen LogP contribution is -2.65. The number of phenolic OH excluding ortho intramolecular Hbond substituents is 4. The molecule has 0 unspecified atom stereocenters. The van der Waals surface area contributed by atoms with Gasteiger partial charge in [-0.25, -0.2) is 0 Å². The van der Waals surface area contributed by atoms with Crippen LogP contribution in [0.4, 0.5) is 0 Å². The number of aromatic hydroxyl groups is 4. The minimum atomic E-state index is -2.54. The highest BCUT2D eigenvalue weighted by Gasteiger charge is 2.52. The number of carbonyl (C=O) groups is 9. The van der Waals surface area contributed by atoms with Crippen molar-refractivity contribution < 1.29 is 157 Å². The summed E-state index contributed by atoms with van der Waals surface area (Å²) in [7, 11) is 0. The highest BCUT2D eigenvalue weighted by Crippen LogP contribution is 2.50. The van der Waals surface area contributed by atoms with E-state index in [0.717, 1.165) is 123 Å². The van der Waals surface area contributed by atoms with E-state index in [1.807, 2.05) is 4.90 Å². The Morgan fingerprint density at radius 1 is 0.521 bits per heavy atom. The maximum absolute atomic E-state index is 16.9. The van der Waals surface area contributed by atoms with Gasteiger partial charge in [0.1, 0.15) is 162 Å². The van der Waals surface area contributed by atoms with Gasteiger partial charge in [0.25, 0.3) is 0 Å². The molecule has 4 saturated heterocycles. The Labute approximate surface area is 810 Å². The standard InChI is InChI=1S/C94H112Cl2N12O32/c1-41(2)8-6-4-5-7-9-67(117)102-74-80(122)77(119)65(39-110)137-93(74)140-84-62-34-49-35-63(84)135-60-19-14-46(32-56(60)96)83(139-92-73(100-42(3)112)79(121)76(118)64(38-109)136-92)75(91(131)105-70(87(127)99-22-25-108-23-20-98-21-24-108)47-28-52(115)37-54(31-47)133-94-82(124)81(123)78(120)66(40-111)138-94)107-88(128)69(44-11-15-50(113)16-12-44)104-90(130)72(49)106-89(129)71-48-29-51(114)36-53(30-48)132-61-33-45(13-17-58(61)116)68(97)86(126)101-57(85(125)103-71)27-43-10-18-59(134-62)55(95)26-43/h10-19,26,28-37,41,57,64-66,68-83,92-94,98,109-111,113-116,118-124H,4-9,20-25,27,38-40,97H2,1-3H3,(H,99,127)(H,100,112)(H,101,126)(H,102,117)(H,103,125)(H,104,130)(H,105,131)(H,106,129)(H,107,128)/t57-,64-,65-,66-,68-,69-,70+,71+,72-,73-,74-,75+,76-,77-,78-,79-,80-,81+,82+,83-,92+,93+,94+/m1/s1. The van der Waals surface area contributed by atoms with Crippen molar-refractivity contribution in [3.05, 3.63) is 176 Å². The maximum atomic E-state index is 16.9. The van der Waals surface area contributed by atoms with Gasteiger partial charge < -0.3 is 173 Å². The molecule has 0 aliphatic carbocycles. The first-order valence-electron chi connectivity index (χ1n) is 45.4. The Hall–Kier alpha value is -12.1. The quantitative estimate of drug-likeness (QED) is 0.0317. The molecule has 44 nitrogen and oxygen atoms in total. The van der Waals surface area contributed by atoms with E-state index in [1.165, 1.54) is 30.3 Å². The number of benzene rings is 7. The van der Waals surface area contributed by atoms with Gasteiger partial charge in [-0.3, -0.25) is 48.1 Å². The van der Waals surface area contributed by atoms with Gasteiger partial charge in [0.15, 0.2) is 29.3 Å². The number of fused-ring (bicyclic) bond motifs is 15.